The van der Waals surface area contributed by atoms with E-state index in [1.54, 1.807) is 0 Å². The Bertz CT molecular complexity index is 941. The maximum Gasteiger partial charge on any atom is 0.240 e. The minimum atomic E-state index is -0.332. The summed E-state index contributed by atoms with van der Waals surface area (Å²) in [6, 6.07) is 7.60. The standard InChI is InChI=1S/C20H20ClN3O3/c1-10-18(11(2)23(22-10)9-12-5-3-4-6-13(12)21)24-19(25)16-14-7-8-15(27-14)17(16)20(24)26/h3-6,14-17H,7-9H2,1-2H3/t14-,15+,16-,17-/m0/s1. The number of carbonyl (C=O) groups excluding carboxylic acids is 2. The van der Waals surface area contributed by atoms with Gasteiger partial charge in [0.1, 0.15) is 0 Å². The first-order valence-corrected chi connectivity index (χ1v) is 9.66. The molecule has 4 atom stereocenters. The lowest BCUT2D eigenvalue weighted by Gasteiger charge is -2.18. The molecular formula is C20H20ClN3O3. The van der Waals surface area contributed by atoms with Gasteiger partial charge in [-0.1, -0.05) is 29.8 Å². The summed E-state index contributed by atoms with van der Waals surface area (Å²) in [5.41, 5.74) is 3.03. The molecule has 3 fully saturated rings. The average molecular weight is 386 g/mol. The van der Waals surface area contributed by atoms with Crippen molar-refractivity contribution in [2.24, 2.45) is 11.8 Å². The fourth-order valence-corrected chi connectivity index (χ4v) is 5.08. The van der Waals surface area contributed by atoms with Gasteiger partial charge in [-0.2, -0.15) is 5.10 Å². The van der Waals surface area contributed by atoms with Crippen molar-refractivity contribution < 1.29 is 14.3 Å². The molecule has 140 valence electrons. The molecule has 0 unspecified atom stereocenters. The minimum absolute atomic E-state index is 0.111. The number of imide groups is 1. The smallest absolute Gasteiger partial charge is 0.240 e. The second-order valence-corrected chi connectivity index (χ2v) is 8.03. The third-order valence-corrected chi connectivity index (χ3v) is 6.50. The van der Waals surface area contributed by atoms with E-state index in [4.69, 9.17) is 16.3 Å². The highest BCUT2D eigenvalue weighted by atomic mass is 35.5. The van der Waals surface area contributed by atoms with Crippen LogP contribution in [0.5, 0.6) is 0 Å². The molecule has 0 N–H and O–H groups in total. The van der Waals surface area contributed by atoms with Crippen molar-refractivity contribution in [1.82, 2.24) is 9.78 Å². The molecule has 0 aliphatic carbocycles. The Kier molecular flexibility index (Phi) is 3.71. The molecule has 5 rings (SSSR count). The number of benzene rings is 1. The van der Waals surface area contributed by atoms with Crippen molar-refractivity contribution in [3.63, 3.8) is 0 Å². The highest BCUT2D eigenvalue weighted by Gasteiger charge is 2.63. The summed E-state index contributed by atoms with van der Waals surface area (Å²) in [4.78, 5) is 27.5. The van der Waals surface area contributed by atoms with Crippen LogP contribution in [0, 0.1) is 25.7 Å². The fraction of sp³-hybridized carbons (Fsp3) is 0.450. The molecule has 0 radical (unpaired) electrons. The van der Waals surface area contributed by atoms with Gasteiger partial charge in [0.15, 0.2) is 0 Å². The summed E-state index contributed by atoms with van der Waals surface area (Å²) < 4.78 is 7.63. The quantitative estimate of drug-likeness (QED) is 0.762. The zero-order valence-electron chi connectivity index (χ0n) is 15.2. The molecule has 2 bridgehead atoms. The largest absolute Gasteiger partial charge is 0.373 e. The second kappa shape index (κ2) is 5.91. The van der Waals surface area contributed by atoms with E-state index in [9.17, 15) is 9.59 Å². The van der Waals surface area contributed by atoms with Crippen LogP contribution in [0.3, 0.4) is 0 Å². The molecule has 1 aromatic heterocycles. The lowest BCUT2D eigenvalue weighted by molar-refractivity contribution is -0.124. The predicted molar refractivity (Wildman–Crippen MR) is 99.6 cm³/mol. The average Bonchev–Trinajstić information content (AvgIpc) is 3.37. The number of rotatable bonds is 3. The van der Waals surface area contributed by atoms with Crippen LogP contribution < -0.4 is 4.90 Å². The summed E-state index contributed by atoms with van der Waals surface area (Å²) in [5.74, 6) is -0.940. The SMILES string of the molecule is Cc1nn(Cc2ccccc2Cl)c(C)c1N1C(=O)[C@@H]2[C@@H](C1=O)[C@H]1CC[C@@H]2O1. The number of nitrogens with zero attached hydrogens (tertiary/aromatic N) is 3. The van der Waals surface area contributed by atoms with Gasteiger partial charge in [-0.15, -0.1) is 0 Å². The van der Waals surface area contributed by atoms with Crippen molar-refractivity contribution in [2.45, 2.75) is 45.4 Å². The van der Waals surface area contributed by atoms with Crippen LogP contribution in [0.1, 0.15) is 29.8 Å². The molecule has 2 aromatic rings. The lowest BCUT2D eigenvalue weighted by Crippen LogP contribution is -2.35. The maximum atomic E-state index is 13.1. The van der Waals surface area contributed by atoms with Crippen LogP contribution in [0.2, 0.25) is 5.02 Å². The van der Waals surface area contributed by atoms with Crippen LogP contribution in [0.15, 0.2) is 24.3 Å². The van der Waals surface area contributed by atoms with Crippen LogP contribution in [-0.4, -0.2) is 33.8 Å². The molecule has 6 nitrogen and oxygen atoms in total. The number of amides is 2. The molecular weight excluding hydrogens is 366 g/mol. The van der Waals surface area contributed by atoms with Crippen molar-refractivity contribution in [3.05, 3.63) is 46.2 Å². The molecule has 27 heavy (non-hydrogen) atoms. The Morgan fingerprint density at radius 3 is 2.37 bits per heavy atom. The van der Waals surface area contributed by atoms with Gasteiger partial charge in [-0.3, -0.25) is 14.3 Å². The third-order valence-electron chi connectivity index (χ3n) is 6.13. The number of hydrogen-bond donors (Lipinski definition) is 0. The molecule has 1 aromatic carbocycles. The van der Waals surface area contributed by atoms with Gasteiger partial charge in [0, 0.05) is 5.02 Å². The van der Waals surface area contributed by atoms with Crippen LogP contribution >= 0.6 is 11.6 Å². The number of halogens is 1. The number of ether oxygens (including phenoxy) is 1. The van der Waals surface area contributed by atoms with Crippen molar-refractivity contribution in [2.75, 3.05) is 4.90 Å². The molecule has 3 aliphatic rings. The first kappa shape index (κ1) is 17.0. The molecule has 3 saturated heterocycles. The Hall–Kier alpha value is -2.18. The Labute approximate surface area is 162 Å². The third kappa shape index (κ3) is 2.33. The van der Waals surface area contributed by atoms with Gasteiger partial charge >= 0.3 is 0 Å². The van der Waals surface area contributed by atoms with Crippen molar-refractivity contribution in [1.29, 1.82) is 0 Å². The van der Waals surface area contributed by atoms with Gasteiger partial charge in [0.25, 0.3) is 0 Å². The van der Waals surface area contributed by atoms with E-state index in [1.807, 2.05) is 42.8 Å². The molecule has 0 spiro atoms. The molecule has 2 amide bonds. The van der Waals surface area contributed by atoms with E-state index >= 15 is 0 Å². The first-order valence-electron chi connectivity index (χ1n) is 9.28. The topological polar surface area (TPSA) is 64.4 Å². The van der Waals surface area contributed by atoms with Crippen molar-refractivity contribution in [3.8, 4) is 0 Å². The minimum Gasteiger partial charge on any atom is -0.373 e. The zero-order chi connectivity index (χ0) is 18.9. The number of aryl methyl sites for hydroxylation is 1. The van der Waals surface area contributed by atoms with E-state index < -0.39 is 0 Å². The number of aromatic nitrogens is 2. The van der Waals surface area contributed by atoms with Gasteiger partial charge in [0.2, 0.25) is 11.8 Å². The Morgan fingerprint density at radius 2 is 1.74 bits per heavy atom. The highest BCUT2D eigenvalue weighted by Crippen LogP contribution is 2.50. The monoisotopic (exact) mass is 385 g/mol. The second-order valence-electron chi connectivity index (χ2n) is 7.62. The molecule has 0 saturated carbocycles. The summed E-state index contributed by atoms with van der Waals surface area (Å²) in [6.45, 7) is 4.22. The summed E-state index contributed by atoms with van der Waals surface area (Å²) in [5, 5.41) is 5.26. The zero-order valence-corrected chi connectivity index (χ0v) is 15.9. The van der Waals surface area contributed by atoms with E-state index in [2.05, 4.69) is 5.10 Å². The molecule has 3 aliphatic heterocycles. The number of anilines is 1. The van der Waals surface area contributed by atoms with Gasteiger partial charge in [0.05, 0.1) is 47.7 Å². The van der Waals surface area contributed by atoms with Crippen LogP contribution in [-0.2, 0) is 20.9 Å². The lowest BCUT2D eigenvalue weighted by atomic mass is 9.81. The summed E-state index contributed by atoms with van der Waals surface area (Å²) in [7, 11) is 0. The Morgan fingerprint density at radius 1 is 1.11 bits per heavy atom. The van der Waals surface area contributed by atoms with Crippen LogP contribution in [0.25, 0.3) is 0 Å². The normalized spacial score (nSPS) is 29.1. The summed E-state index contributed by atoms with van der Waals surface area (Å²) in [6.07, 6.45) is 1.51. The van der Waals surface area contributed by atoms with E-state index in [-0.39, 0.29) is 35.9 Å². The van der Waals surface area contributed by atoms with Gasteiger partial charge < -0.3 is 4.74 Å². The maximum absolute atomic E-state index is 13.1. The molecule has 4 heterocycles. The predicted octanol–water partition coefficient (Wildman–Crippen LogP) is 2.87. The number of hydrogen-bond acceptors (Lipinski definition) is 4. The van der Waals surface area contributed by atoms with E-state index in [0.29, 0.717) is 22.9 Å². The van der Waals surface area contributed by atoms with E-state index in [1.165, 1.54) is 4.90 Å². The van der Waals surface area contributed by atoms with E-state index in [0.717, 1.165) is 24.1 Å². The fourth-order valence-electron chi connectivity index (χ4n) is 4.89. The summed E-state index contributed by atoms with van der Waals surface area (Å²) >= 11 is 6.28. The van der Waals surface area contributed by atoms with Crippen molar-refractivity contribution >= 4 is 29.1 Å². The molecule has 7 heteroatoms. The van der Waals surface area contributed by atoms with Gasteiger partial charge in [-0.05, 0) is 38.3 Å². The number of fused-ring (bicyclic) bond motifs is 5. The highest BCUT2D eigenvalue weighted by molar-refractivity contribution is 6.31. The number of carbonyl (C=O) groups is 2. The Balaban J connectivity index is 1.51. The van der Waals surface area contributed by atoms with Gasteiger partial charge in [-0.25, -0.2) is 4.90 Å². The first-order chi connectivity index (χ1) is 13.0. The van der Waals surface area contributed by atoms with Crippen LogP contribution in [0.4, 0.5) is 5.69 Å².